The number of hydrogen-bond donors (Lipinski definition) is 0. The summed E-state index contributed by atoms with van der Waals surface area (Å²) in [5.74, 6) is 0.917. The predicted molar refractivity (Wildman–Crippen MR) is 105 cm³/mol. The summed E-state index contributed by atoms with van der Waals surface area (Å²) >= 11 is 0. The Morgan fingerprint density at radius 3 is 2.54 bits per heavy atom. The van der Waals surface area contributed by atoms with Gasteiger partial charge in [-0.1, -0.05) is 23.3 Å². The number of aromatic nitrogens is 1. The van der Waals surface area contributed by atoms with E-state index in [0.717, 1.165) is 52.0 Å². The van der Waals surface area contributed by atoms with Gasteiger partial charge in [-0.3, -0.25) is 9.69 Å². The number of oxazole rings is 1. The molecule has 1 amide bonds. The molecule has 0 saturated carbocycles. The van der Waals surface area contributed by atoms with Gasteiger partial charge in [0.15, 0.2) is 5.89 Å². The third-order valence-corrected chi connectivity index (χ3v) is 4.76. The minimum atomic E-state index is -0.0293. The predicted octanol–water partition coefficient (Wildman–Crippen LogP) is 4.13. The van der Waals surface area contributed by atoms with Crippen molar-refractivity contribution in [2.24, 2.45) is 0 Å². The Morgan fingerprint density at radius 1 is 1.12 bits per heavy atom. The minimum Gasteiger partial charge on any atom is -0.436 e. The Kier molecular flexibility index (Phi) is 7.64. The van der Waals surface area contributed by atoms with Crippen LogP contribution in [0, 0.1) is 13.8 Å². The van der Waals surface area contributed by atoms with E-state index in [2.05, 4.69) is 42.8 Å². The molecule has 0 spiro atoms. The Bertz CT molecular complexity index is 669. The number of nitrogens with zero attached hydrogens (tertiary/aromatic N) is 3. The normalized spacial score (nSPS) is 16.5. The van der Waals surface area contributed by atoms with Gasteiger partial charge in [-0.05, 0) is 47.0 Å². The fourth-order valence-corrected chi connectivity index (χ4v) is 3.21. The maximum absolute atomic E-state index is 12.7. The molecule has 2 heterocycles. The van der Waals surface area contributed by atoms with Gasteiger partial charge >= 0.3 is 0 Å². The van der Waals surface area contributed by atoms with E-state index in [4.69, 9.17) is 4.42 Å². The van der Waals surface area contributed by atoms with E-state index in [1.807, 2.05) is 11.8 Å². The SMILES string of the molecule is CC(C)=CCC/C(C)=C/CN1CCCN(C(=O)c2oc(C)nc2C)CC1. The fraction of sp³-hybridized carbons (Fsp3) is 0.619. The average Bonchev–Trinajstić information content (AvgIpc) is 2.78. The zero-order chi connectivity index (χ0) is 19.1. The number of amides is 1. The van der Waals surface area contributed by atoms with E-state index in [9.17, 15) is 4.79 Å². The summed E-state index contributed by atoms with van der Waals surface area (Å²) in [7, 11) is 0. The topological polar surface area (TPSA) is 49.6 Å². The number of carbonyl (C=O) groups excluding carboxylic acids is 1. The van der Waals surface area contributed by atoms with Crippen molar-refractivity contribution < 1.29 is 9.21 Å². The van der Waals surface area contributed by atoms with Crippen molar-refractivity contribution in [3.63, 3.8) is 0 Å². The maximum Gasteiger partial charge on any atom is 0.291 e. The molecule has 0 aromatic carbocycles. The van der Waals surface area contributed by atoms with Crippen molar-refractivity contribution in [2.45, 2.75) is 53.9 Å². The van der Waals surface area contributed by atoms with E-state index in [-0.39, 0.29) is 5.91 Å². The Morgan fingerprint density at radius 2 is 1.88 bits per heavy atom. The first-order chi connectivity index (χ1) is 12.4. The third-order valence-electron chi connectivity index (χ3n) is 4.76. The molecular weight excluding hydrogens is 326 g/mol. The standard InChI is InChI=1S/C21H33N3O2/c1-16(2)8-6-9-17(3)10-13-23-11-7-12-24(15-14-23)21(25)20-18(4)22-19(5)26-20/h8,10H,6-7,9,11-15H2,1-5H3/b17-10+. The van der Waals surface area contributed by atoms with Gasteiger partial charge in [-0.25, -0.2) is 4.98 Å². The highest BCUT2D eigenvalue weighted by Crippen LogP contribution is 2.15. The van der Waals surface area contributed by atoms with Crippen LogP contribution in [-0.2, 0) is 0 Å². The highest BCUT2D eigenvalue weighted by molar-refractivity contribution is 5.92. The summed E-state index contributed by atoms with van der Waals surface area (Å²) in [5.41, 5.74) is 3.50. The van der Waals surface area contributed by atoms with Gasteiger partial charge in [0.1, 0.15) is 0 Å². The lowest BCUT2D eigenvalue weighted by molar-refractivity contribution is 0.0727. The van der Waals surface area contributed by atoms with Crippen LogP contribution in [0.3, 0.4) is 0 Å². The second-order valence-corrected chi connectivity index (χ2v) is 7.46. The molecule has 1 aromatic heterocycles. The molecule has 1 saturated heterocycles. The molecule has 0 aliphatic carbocycles. The summed E-state index contributed by atoms with van der Waals surface area (Å²) in [5, 5.41) is 0. The molecule has 5 heteroatoms. The molecule has 0 radical (unpaired) electrons. The molecule has 0 N–H and O–H groups in total. The van der Waals surface area contributed by atoms with Crippen molar-refractivity contribution in [1.29, 1.82) is 0 Å². The van der Waals surface area contributed by atoms with E-state index in [0.29, 0.717) is 17.3 Å². The van der Waals surface area contributed by atoms with Gasteiger partial charge < -0.3 is 9.32 Å². The van der Waals surface area contributed by atoms with Crippen LogP contribution in [0.15, 0.2) is 27.7 Å². The first kappa shape index (κ1) is 20.4. The zero-order valence-corrected chi connectivity index (χ0v) is 17.0. The van der Waals surface area contributed by atoms with Gasteiger partial charge in [0, 0.05) is 39.6 Å². The number of carbonyl (C=O) groups is 1. The van der Waals surface area contributed by atoms with Crippen molar-refractivity contribution in [3.8, 4) is 0 Å². The van der Waals surface area contributed by atoms with Crippen LogP contribution in [0.2, 0.25) is 0 Å². The highest BCUT2D eigenvalue weighted by atomic mass is 16.4. The molecule has 26 heavy (non-hydrogen) atoms. The van der Waals surface area contributed by atoms with Crippen LogP contribution in [0.5, 0.6) is 0 Å². The Balaban J connectivity index is 1.85. The van der Waals surface area contributed by atoms with Crippen molar-refractivity contribution >= 4 is 5.91 Å². The minimum absolute atomic E-state index is 0.0293. The molecule has 0 atom stereocenters. The van der Waals surface area contributed by atoms with E-state index < -0.39 is 0 Å². The van der Waals surface area contributed by atoms with Gasteiger partial charge in [-0.15, -0.1) is 0 Å². The van der Waals surface area contributed by atoms with Crippen LogP contribution >= 0.6 is 0 Å². The van der Waals surface area contributed by atoms with Crippen LogP contribution in [0.25, 0.3) is 0 Å². The fourth-order valence-electron chi connectivity index (χ4n) is 3.21. The van der Waals surface area contributed by atoms with E-state index in [1.165, 1.54) is 11.1 Å². The van der Waals surface area contributed by atoms with Crippen LogP contribution in [0.1, 0.15) is 62.2 Å². The van der Waals surface area contributed by atoms with Crippen LogP contribution in [0.4, 0.5) is 0 Å². The first-order valence-corrected chi connectivity index (χ1v) is 9.61. The largest absolute Gasteiger partial charge is 0.436 e. The third kappa shape index (κ3) is 6.13. The molecule has 2 rings (SSSR count). The summed E-state index contributed by atoms with van der Waals surface area (Å²) in [6, 6.07) is 0. The number of hydrogen-bond acceptors (Lipinski definition) is 4. The van der Waals surface area contributed by atoms with Crippen LogP contribution < -0.4 is 0 Å². The van der Waals surface area contributed by atoms with E-state index in [1.54, 1.807) is 6.92 Å². The van der Waals surface area contributed by atoms with Crippen molar-refractivity contribution in [1.82, 2.24) is 14.8 Å². The Labute approximate surface area is 157 Å². The summed E-state index contributed by atoms with van der Waals surface area (Å²) in [4.78, 5) is 21.2. The van der Waals surface area contributed by atoms with Crippen molar-refractivity contribution in [2.75, 3.05) is 32.7 Å². The smallest absolute Gasteiger partial charge is 0.291 e. The van der Waals surface area contributed by atoms with Gasteiger partial charge in [0.2, 0.25) is 5.76 Å². The molecule has 1 aromatic rings. The number of aryl methyl sites for hydroxylation is 2. The van der Waals surface area contributed by atoms with Gasteiger partial charge in [-0.2, -0.15) is 0 Å². The summed E-state index contributed by atoms with van der Waals surface area (Å²) < 4.78 is 5.50. The summed E-state index contributed by atoms with van der Waals surface area (Å²) in [6.07, 6.45) is 7.85. The van der Waals surface area contributed by atoms with Crippen molar-refractivity contribution in [3.05, 3.63) is 40.6 Å². The van der Waals surface area contributed by atoms with E-state index >= 15 is 0 Å². The average molecular weight is 360 g/mol. The highest BCUT2D eigenvalue weighted by Gasteiger charge is 2.24. The number of rotatable bonds is 6. The van der Waals surface area contributed by atoms with Gasteiger partial charge in [0.05, 0.1) is 5.69 Å². The lowest BCUT2D eigenvalue weighted by Gasteiger charge is -2.20. The molecule has 1 fully saturated rings. The molecular formula is C21H33N3O2. The summed E-state index contributed by atoms with van der Waals surface area (Å²) in [6.45, 7) is 14.5. The second-order valence-electron chi connectivity index (χ2n) is 7.46. The molecule has 5 nitrogen and oxygen atoms in total. The quantitative estimate of drug-likeness (QED) is 0.717. The van der Waals surface area contributed by atoms with Gasteiger partial charge in [0.25, 0.3) is 5.91 Å². The molecule has 1 aliphatic heterocycles. The lowest BCUT2D eigenvalue weighted by Crippen LogP contribution is -2.35. The zero-order valence-electron chi connectivity index (χ0n) is 17.0. The Hall–Kier alpha value is -1.88. The van der Waals surface area contributed by atoms with Crippen LogP contribution in [-0.4, -0.2) is 53.4 Å². The molecule has 1 aliphatic rings. The number of allylic oxidation sites excluding steroid dienone is 3. The molecule has 144 valence electrons. The maximum atomic E-state index is 12.7. The lowest BCUT2D eigenvalue weighted by atomic mass is 10.1. The first-order valence-electron chi connectivity index (χ1n) is 9.61. The molecule has 0 bridgehead atoms. The second kappa shape index (κ2) is 9.72. The molecule has 0 unspecified atom stereocenters. The monoisotopic (exact) mass is 359 g/mol.